The summed E-state index contributed by atoms with van der Waals surface area (Å²) in [5, 5.41) is 0. The van der Waals surface area contributed by atoms with Gasteiger partial charge < -0.3 is 15.4 Å². The predicted molar refractivity (Wildman–Crippen MR) is 94.6 cm³/mol. The molecule has 0 saturated carbocycles. The average Bonchev–Trinajstić information content (AvgIpc) is 2.65. The molecule has 2 aromatic rings. The van der Waals surface area contributed by atoms with Crippen LogP contribution in [0.5, 0.6) is 5.75 Å². The van der Waals surface area contributed by atoms with Crippen molar-refractivity contribution in [1.82, 2.24) is 4.90 Å². The highest BCUT2D eigenvalue weighted by atomic mass is 19.1. The van der Waals surface area contributed by atoms with Crippen LogP contribution in [-0.4, -0.2) is 30.0 Å². The zero-order valence-corrected chi connectivity index (χ0v) is 14.6. The third-order valence-corrected chi connectivity index (χ3v) is 4.73. The third kappa shape index (κ3) is 3.85. The van der Waals surface area contributed by atoms with Gasteiger partial charge in [0.25, 0.3) is 0 Å². The first-order chi connectivity index (χ1) is 12.4. The molecule has 6 heteroatoms. The summed E-state index contributed by atoms with van der Waals surface area (Å²) in [5.41, 5.74) is 5.96. The fourth-order valence-electron chi connectivity index (χ4n) is 3.16. The maximum Gasteiger partial charge on any atom is 0.246 e. The molecule has 1 atom stereocenters. The average molecular weight is 360 g/mol. The Balaban J connectivity index is 1.60. The number of piperidine rings is 1. The first-order valence-corrected chi connectivity index (χ1v) is 8.63. The molecule has 1 saturated heterocycles. The number of likely N-dealkylation sites (tertiary alicyclic amines) is 1. The van der Waals surface area contributed by atoms with Crippen molar-refractivity contribution in [2.24, 2.45) is 5.73 Å². The molecule has 1 fully saturated rings. The number of nitrogens with zero attached hydrogens (tertiary/aromatic N) is 1. The van der Waals surface area contributed by atoms with E-state index in [1.165, 1.54) is 6.07 Å². The summed E-state index contributed by atoms with van der Waals surface area (Å²) in [4.78, 5) is 14.6. The Labute approximate surface area is 151 Å². The van der Waals surface area contributed by atoms with Gasteiger partial charge in [0.15, 0.2) is 11.6 Å². The third-order valence-electron chi connectivity index (χ3n) is 4.73. The van der Waals surface area contributed by atoms with Crippen molar-refractivity contribution in [3.8, 4) is 5.75 Å². The number of hydrogen-bond donors (Lipinski definition) is 1. The summed E-state index contributed by atoms with van der Waals surface area (Å²) < 4.78 is 32.3. The van der Waals surface area contributed by atoms with E-state index in [-0.39, 0.29) is 17.8 Å². The number of rotatable bonds is 4. The molecular weight excluding hydrogens is 338 g/mol. The highest BCUT2D eigenvalue weighted by Crippen LogP contribution is 2.26. The SMILES string of the molecule is CC(N)(C(=O)N1CCC(Oc2ccc(F)cc2F)CC1)c1ccccc1. The molecule has 2 aromatic carbocycles. The van der Waals surface area contributed by atoms with Crippen molar-refractivity contribution in [1.29, 1.82) is 0 Å². The fraction of sp³-hybridized carbons (Fsp3) is 0.350. The molecule has 138 valence electrons. The maximum atomic E-state index is 13.7. The van der Waals surface area contributed by atoms with Crippen LogP contribution < -0.4 is 10.5 Å². The lowest BCUT2D eigenvalue weighted by atomic mass is 9.90. The topological polar surface area (TPSA) is 55.6 Å². The van der Waals surface area contributed by atoms with E-state index in [1.807, 2.05) is 30.3 Å². The van der Waals surface area contributed by atoms with Gasteiger partial charge in [-0.25, -0.2) is 8.78 Å². The smallest absolute Gasteiger partial charge is 0.246 e. The number of ether oxygens (including phenoxy) is 1. The lowest BCUT2D eigenvalue weighted by Crippen LogP contribution is -2.53. The van der Waals surface area contributed by atoms with E-state index < -0.39 is 17.2 Å². The van der Waals surface area contributed by atoms with Gasteiger partial charge in [-0.05, 0) is 24.6 Å². The summed E-state index contributed by atoms with van der Waals surface area (Å²) >= 11 is 0. The van der Waals surface area contributed by atoms with Gasteiger partial charge in [0.2, 0.25) is 5.91 Å². The van der Waals surface area contributed by atoms with Gasteiger partial charge in [0.1, 0.15) is 17.5 Å². The van der Waals surface area contributed by atoms with Gasteiger partial charge in [-0.1, -0.05) is 30.3 Å². The maximum absolute atomic E-state index is 13.7. The van der Waals surface area contributed by atoms with Gasteiger partial charge >= 0.3 is 0 Å². The Morgan fingerprint density at radius 1 is 1.15 bits per heavy atom. The molecule has 0 aromatic heterocycles. The van der Waals surface area contributed by atoms with Crippen LogP contribution in [-0.2, 0) is 10.3 Å². The van der Waals surface area contributed by atoms with Crippen LogP contribution in [0, 0.1) is 11.6 Å². The van der Waals surface area contributed by atoms with Gasteiger partial charge in [-0.3, -0.25) is 4.79 Å². The van der Waals surface area contributed by atoms with Crippen molar-refractivity contribution in [2.75, 3.05) is 13.1 Å². The zero-order chi connectivity index (χ0) is 18.7. The first-order valence-electron chi connectivity index (χ1n) is 8.63. The summed E-state index contributed by atoms with van der Waals surface area (Å²) in [7, 11) is 0. The summed E-state index contributed by atoms with van der Waals surface area (Å²) in [6.07, 6.45) is 0.903. The highest BCUT2D eigenvalue weighted by molar-refractivity contribution is 5.87. The monoisotopic (exact) mass is 360 g/mol. The number of halogens is 2. The van der Waals surface area contributed by atoms with Crippen LogP contribution in [0.4, 0.5) is 8.78 Å². The lowest BCUT2D eigenvalue weighted by Gasteiger charge is -2.37. The van der Waals surface area contributed by atoms with Gasteiger partial charge in [0, 0.05) is 32.0 Å². The van der Waals surface area contributed by atoms with Crippen molar-refractivity contribution >= 4 is 5.91 Å². The molecule has 1 aliphatic rings. The number of amides is 1. The van der Waals surface area contributed by atoms with Crippen molar-refractivity contribution in [3.05, 3.63) is 65.7 Å². The number of hydrogen-bond acceptors (Lipinski definition) is 3. The molecule has 0 aliphatic carbocycles. The number of benzene rings is 2. The minimum atomic E-state index is -1.10. The minimum absolute atomic E-state index is 0.0316. The molecule has 0 spiro atoms. The molecule has 4 nitrogen and oxygen atoms in total. The van der Waals surface area contributed by atoms with Crippen LogP contribution >= 0.6 is 0 Å². The molecule has 1 unspecified atom stereocenters. The van der Waals surface area contributed by atoms with Gasteiger partial charge in [-0.15, -0.1) is 0 Å². The fourth-order valence-corrected chi connectivity index (χ4v) is 3.16. The van der Waals surface area contributed by atoms with Crippen LogP contribution in [0.1, 0.15) is 25.3 Å². The summed E-state index contributed by atoms with van der Waals surface area (Å²) in [6.45, 7) is 2.67. The Hall–Kier alpha value is -2.47. The van der Waals surface area contributed by atoms with E-state index in [9.17, 15) is 13.6 Å². The van der Waals surface area contributed by atoms with E-state index in [1.54, 1.807) is 11.8 Å². The number of carbonyl (C=O) groups is 1. The van der Waals surface area contributed by atoms with E-state index in [2.05, 4.69) is 0 Å². The molecular formula is C20H22F2N2O2. The predicted octanol–water partition coefficient (Wildman–Crippen LogP) is 3.21. The second-order valence-electron chi connectivity index (χ2n) is 6.75. The Morgan fingerprint density at radius 3 is 2.42 bits per heavy atom. The summed E-state index contributed by atoms with van der Waals surface area (Å²) in [6, 6.07) is 12.5. The summed E-state index contributed by atoms with van der Waals surface area (Å²) in [5.74, 6) is -1.47. The Morgan fingerprint density at radius 2 is 1.81 bits per heavy atom. The number of nitrogens with two attached hydrogens (primary N) is 1. The second-order valence-corrected chi connectivity index (χ2v) is 6.75. The van der Waals surface area contributed by atoms with Crippen LogP contribution in [0.25, 0.3) is 0 Å². The molecule has 1 amide bonds. The van der Waals surface area contributed by atoms with Crippen molar-refractivity contribution in [2.45, 2.75) is 31.4 Å². The molecule has 26 heavy (non-hydrogen) atoms. The van der Waals surface area contributed by atoms with Crippen LogP contribution in [0.15, 0.2) is 48.5 Å². The van der Waals surface area contributed by atoms with E-state index in [4.69, 9.17) is 10.5 Å². The van der Waals surface area contributed by atoms with Crippen LogP contribution in [0.3, 0.4) is 0 Å². The van der Waals surface area contributed by atoms with E-state index in [0.717, 1.165) is 17.7 Å². The van der Waals surface area contributed by atoms with Crippen LogP contribution in [0.2, 0.25) is 0 Å². The number of carbonyl (C=O) groups excluding carboxylic acids is 1. The molecule has 2 N–H and O–H groups in total. The quantitative estimate of drug-likeness (QED) is 0.911. The van der Waals surface area contributed by atoms with Crippen molar-refractivity contribution in [3.63, 3.8) is 0 Å². The van der Waals surface area contributed by atoms with E-state index >= 15 is 0 Å². The molecule has 3 rings (SSSR count). The van der Waals surface area contributed by atoms with Crippen molar-refractivity contribution < 1.29 is 18.3 Å². The second kappa shape index (κ2) is 7.41. The van der Waals surface area contributed by atoms with Gasteiger partial charge in [0.05, 0.1) is 0 Å². The first kappa shape index (κ1) is 18.3. The van der Waals surface area contributed by atoms with Gasteiger partial charge in [-0.2, -0.15) is 0 Å². The minimum Gasteiger partial charge on any atom is -0.487 e. The normalized spacial score (nSPS) is 17.6. The highest BCUT2D eigenvalue weighted by Gasteiger charge is 2.36. The largest absolute Gasteiger partial charge is 0.487 e. The Bertz CT molecular complexity index is 773. The zero-order valence-electron chi connectivity index (χ0n) is 14.6. The molecule has 1 heterocycles. The lowest BCUT2D eigenvalue weighted by molar-refractivity contribution is -0.138. The molecule has 0 bridgehead atoms. The van der Waals surface area contributed by atoms with E-state index in [0.29, 0.717) is 25.9 Å². The Kier molecular flexibility index (Phi) is 5.23. The standard InChI is InChI=1S/C20H22F2N2O2/c1-20(23,14-5-3-2-4-6-14)19(25)24-11-9-16(10-12-24)26-18-8-7-15(21)13-17(18)22/h2-8,13,16H,9-12,23H2,1H3. The molecule has 1 aliphatic heterocycles. The molecule has 0 radical (unpaired) electrons.